The Kier molecular flexibility index (Phi) is 7.70. The lowest BCUT2D eigenvalue weighted by Crippen LogP contribution is -2.38. The van der Waals surface area contributed by atoms with Crippen LogP contribution in [-0.2, 0) is 17.7 Å². The van der Waals surface area contributed by atoms with Crippen LogP contribution in [0.4, 0.5) is 4.79 Å². The summed E-state index contributed by atoms with van der Waals surface area (Å²) in [7, 11) is 0. The van der Waals surface area contributed by atoms with Crippen LogP contribution in [0.2, 0.25) is 0 Å². The van der Waals surface area contributed by atoms with Crippen LogP contribution in [0.25, 0.3) is 11.1 Å². The maximum atomic E-state index is 13.2. The molecule has 0 saturated carbocycles. The average Bonchev–Trinajstić information content (AvgIpc) is 2.77. The van der Waals surface area contributed by atoms with Gasteiger partial charge < -0.3 is 9.84 Å². The molecule has 0 unspecified atom stereocenters. The molecule has 0 aliphatic heterocycles. The third-order valence-electron chi connectivity index (χ3n) is 5.40. The molecule has 0 aliphatic carbocycles. The normalized spacial score (nSPS) is 12.3. The fourth-order valence-electron chi connectivity index (χ4n) is 3.70. The standard InChI is InChI=1S/C28H33NO3/c1-21(23-10-6-5-7-11-23)29(27(31)32-28(2,3)4)20-25-12-8-9-13-26(25)24-16-14-22(15-17-24)18-19-30/h5-17,21,30H,18-20H2,1-4H3/t21-/m1/s1. The van der Waals surface area contributed by atoms with E-state index in [1.807, 2.05) is 82.3 Å². The highest BCUT2D eigenvalue weighted by atomic mass is 16.6. The highest BCUT2D eigenvalue weighted by molar-refractivity contribution is 5.71. The number of carbonyl (C=O) groups excluding carboxylic acids is 1. The molecule has 0 radical (unpaired) electrons. The van der Waals surface area contributed by atoms with E-state index in [-0.39, 0.29) is 18.7 Å². The van der Waals surface area contributed by atoms with Crippen LogP contribution in [0, 0.1) is 0 Å². The van der Waals surface area contributed by atoms with Gasteiger partial charge in [-0.05, 0) is 61.9 Å². The first-order valence-electron chi connectivity index (χ1n) is 11.1. The number of carbonyl (C=O) groups is 1. The van der Waals surface area contributed by atoms with Crippen molar-refractivity contribution in [2.24, 2.45) is 0 Å². The summed E-state index contributed by atoms with van der Waals surface area (Å²) in [4.78, 5) is 15.0. The third-order valence-corrected chi connectivity index (χ3v) is 5.40. The van der Waals surface area contributed by atoms with Crippen molar-refractivity contribution >= 4 is 6.09 Å². The quantitative estimate of drug-likeness (QED) is 0.472. The van der Waals surface area contributed by atoms with Crippen LogP contribution < -0.4 is 0 Å². The van der Waals surface area contributed by atoms with Gasteiger partial charge in [0.1, 0.15) is 5.60 Å². The number of benzene rings is 3. The van der Waals surface area contributed by atoms with E-state index in [0.717, 1.165) is 27.8 Å². The van der Waals surface area contributed by atoms with Gasteiger partial charge in [-0.2, -0.15) is 0 Å². The zero-order valence-electron chi connectivity index (χ0n) is 19.4. The summed E-state index contributed by atoms with van der Waals surface area (Å²) < 4.78 is 5.77. The van der Waals surface area contributed by atoms with Gasteiger partial charge in [0, 0.05) is 6.61 Å². The van der Waals surface area contributed by atoms with E-state index in [1.165, 1.54) is 0 Å². The number of aliphatic hydroxyl groups excluding tert-OH is 1. The van der Waals surface area contributed by atoms with E-state index in [1.54, 1.807) is 4.90 Å². The molecule has 3 aromatic carbocycles. The van der Waals surface area contributed by atoms with E-state index < -0.39 is 5.60 Å². The molecule has 1 amide bonds. The van der Waals surface area contributed by atoms with Crippen LogP contribution in [0.15, 0.2) is 78.9 Å². The maximum Gasteiger partial charge on any atom is 0.411 e. The van der Waals surface area contributed by atoms with Gasteiger partial charge >= 0.3 is 6.09 Å². The highest BCUT2D eigenvalue weighted by Crippen LogP contribution is 2.30. The predicted octanol–water partition coefficient (Wildman–Crippen LogP) is 6.39. The van der Waals surface area contributed by atoms with Crippen LogP contribution in [-0.4, -0.2) is 28.3 Å². The molecule has 1 atom stereocenters. The molecule has 0 saturated heterocycles. The van der Waals surface area contributed by atoms with Gasteiger partial charge in [-0.3, -0.25) is 4.90 Å². The summed E-state index contributed by atoms with van der Waals surface area (Å²) in [6.45, 7) is 8.26. The molecule has 0 fully saturated rings. The zero-order chi connectivity index (χ0) is 23.1. The average molecular weight is 432 g/mol. The highest BCUT2D eigenvalue weighted by Gasteiger charge is 2.27. The van der Waals surface area contributed by atoms with Crippen molar-refractivity contribution in [1.29, 1.82) is 0 Å². The lowest BCUT2D eigenvalue weighted by atomic mass is 9.97. The minimum atomic E-state index is -0.576. The number of amides is 1. The van der Waals surface area contributed by atoms with E-state index >= 15 is 0 Å². The second-order valence-electron chi connectivity index (χ2n) is 9.02. The minimum Gasteiger partial charge on any atom is -0.444 e. The summed E-state index contributed by atoms with van der Waals surface area (Å²) in [5, 5.41) is 9.18. The first kappa shape index (κ1) is 23.6. The molecule has 0 spiro atoms. The summed E-state index contributed by atoms with van der Waals surface area (Å²) in [6.07, 6.45) is 0.310. The second kappa shape index (κ2) is 10.5. The van der Waals surface area contributed by atoms with Gasteiger partial charge in [0.15, 0.2) is 0 Å². The van der Waals surface area contributed by atoms with Crippen LogP contribution in [0.5, 0.6) is 0 Å². The van der Waals surface area contributed by atoms with Gasteiger partial charge in [-0.1, -0.05) is 78.9 Å². The van der Waals surface area contributed by atoms with Gasteiger partial charge in [0.05, 0.1) is 12.6 Å². The Morgan fingerprint density at radius 3 is 2.19 bits per heavy atom. The van der Waals surface area contributed by atoms with Gasteiger partial charge in [0.25, 0.3) is 0 Å². The molecule has 0 aliphatic rings. The van der Waals surface area contributed by atoms with E-state index in [0.29, 0.717) is 13.0 Å². The molecular weight excluding hydrogens is 398 g/mol. The smallest absolute Gasteiger partial charge is 0.411 e. The molecule has 0 heterocycles. The van der Waals surface area contributed by atoms with Crippen molar-refractivity contribution in [3.63, 3.8) is 0 Å². The lowest BCUT2D eigenvalue weighted by Gasteiger charge is -2.32. The van der Waals surface area contributed by atoms with Gasteiger partial charge in [-0.25, -0.2) is 4.79 Å². The molecule has 32 heavy (non-hydrogen) atoms. The first-order valence-corrected chi connectivity index (χ1v) is 11.1. The van der Waals surface area contributed by atoms with Gasteiger partial charge in [-0.15, -0.1) is 0 Å². The number of aliphatic hydroxyl groups is 1. The largest absolute Gasteiger partial charge is 0.444 e. The fourth-order valence-corrected chi connectivity index (χ4v) is 3.70. The molecule has 0 bridgehead atoms. The van der Waals surface area contributed by atoms with Crippen molar-refractivity contribution in [3.05, 3.63) is 95.6 Å². The molecule has 1 N–H and O–H groups in total. The predicted molar refractivity (Wildman–Crippen MR) is 129 cm³/mol. The number of nitrogens with zero attached hydrogens (tertiary/aromatic N) is 1. The first-order chi connectivity index (χ1) is 15.3. The number of rotatable bonds is 7. The van der Waals surface area contributed by atoms with E-state index in [2.05, 4.69) is 24.3 Å². The monoisotopic (exact) mass is 431 g/mol. The van der Waals surface area contributed by atoms with Crippen molar-refractivity contribution in [1.82, 2.24) is 4.90 Å². The van der Waals surface area contributed by atoms with Crippen molar-refractivity contribution < 1.29 is 14.6 Å². The summed E-state index contributed by atoms with van der Waals surface area (Å²) >= 11 is 0. The van der Waals surface area contributed by atoms with Crippen molar-refractivity contribution in [2.75, 3.05) is 6.61 Å². The number of hydrogen-bond acceptors (Lipinski definition) is 3. The molecule has 4 heteroatoms. The number of hydrogen-bond donors (Lipinski definition) is 1. The molecule has 3 aromatic rings. The zero-order valence-corrected chi connectivity index (χ0v) is 19.4. The fraction of sp³-hybridized carbons (Fsp3) is 0.321. The SMILES string of the molecule is C[C@H](c1ccccc1)N(Cc1ccccc1-c1ccc(CCO)cc1)C(=O)OC(C)(C)C. The number of ether oxygens (including phenoxy) is 1. The summed E-state index contributed by atoms with van der Waals surface area (Å²) in [5.41, 5.74) is 4.80. The van der Waals surface area contributed by atoms with Crippen molar-refractivity contribution in [3.8, 4) is 11.1 Å². The molecule has 0 aromatic heterocycles. The van der Waals surface area contributed by atoms with E-state index in [4.69, 9.17) is 4.74 Å². The Morgan fingerprint density at radius 2 is 1.56 bits per heavy atom. The molecule has 168 valence electrons. The van der Waals surface area contributed by atoms with Crippen LogP contribution >= 0.6 is 0 Å². The van der Waals surface area contributed by atoms with Crippen LogP contribution in [0.1, 0.15) is 50.4 Å². The summed E-state index contributed by atoms with van der Waals surface area (Å²) in [5.74, 6) is 0. The Bertz CT molecular complexity index is 1010. The molecular formula is C28H33NO3. The van der Waals surface area contributed by atoms with Crippen LogP contribution in [0.3, 0.4) is 0 Å². The third kappa shape index (κ3) is 6.21. The Balaban J connectivity index is 1.95. The van der Waals surface area contributed by atoms with Crippen molar-refractivity contribution in [2.45, 2.75) is 52.3 Å². The topological polar surface area (TPSA) is 49.8 Å². The molecule has 3 rings (SSSR count). The minimum absolute atomic E-state index is 0.137. The molecule has 4 nitrogen and oxygen atoms in total. The Labute approximate surface area is 191 Å². The van der Waals surface area contributed by atoms with Gasteiger partial charge in [0.2, 0.25) is 0 Å². The lowest BCUT2D eigenvalue weighted by molar-refractivity contribution is 0.0153. The second-order valence-corrected chi connectivity index (χ2v) is 9.02. The summed E-state index contributed by atoms with van der Waals surface area (Å²) in [6, 6.07) is 26.3. The van der Waals surface area contributed by atoms with E-state index in [9.17, 15) is 9.90 Å². The maximum absolute atomic E-state index is 13.2. The Hall–Kier alpha value is -3.11. The Morgan fingerprint density at radius 1 is 0.938 bits per heavy atom.